The normalized spacial score (nSPS) is 11.5. The number of aromatic nitrogens is 2. The number of esters is 1. The lowest BCUT2D eigenvalue weighted by atomic mass is 10.0. The van der Waals surface area contributed by atoms with Gasteiger partial charge in [-0.2, -0.15) is 0 Å². The van der Waals surface area contributed by atoms with Crippen molar-refractivity contribution in [1.82, 2.24) is 9.13 Å². The highest BCUT2D eigenvalue weighted by atomic mass is 79.9. The molecule has 0 aliphatic carbocycles. The molecule has 0 aliphatic rings. The molecular formula is C24H24BrClN2O5. The first-order chi connectivity index (χ1) is 15.7. The number of halogens is 2. The highest BCUT2D eigenvalue weighted by molar-refractivity contribution is 9.09. The van der Waals surface area contributed by atoms with Crippen LogP contribution < -0.4 is 11.2 Å². The van der Waals surface area contributed by atoms with Crippen LogP contribution in [0.15, 0.2) is 58.1 Å². The molecule has 0 saturated carbocycles. The zero-order chi connectivity index (χ0) is 24.2. The molecule has 7 nitrogen and oxygen atoms in total. The fourth-order valence-corrected chi connectivity index (χ4v) is 4.09. The average molecular weight is 536 g/mol. The van der Waals surface area contributed by atoms with Gasteiger partial charge < -0.3 is 4.74 Å². The Morgan fingerprint density at radius 1 is 1.06 bits per heavy atom. The van der Waals surface area contributed by atoms with Crippen molar-refractivity contribution in [2.24, 2.45) is 0 Å². The second-order valence-electron chi connectivity index (χ2n) is 8.06. The van der Waals surface area contributed by atoms with E-state index in [-0.39, 0.29) is 11.2 Å². The molecule has 0 amide bonds. The quantitative estimate of drug-likeness (QED) is 0.178. The monoisotopic (exact) mass is 534 g/mol. The van der Waals surface area contributed by atoms with Crippen LogP contribution in [0.4, 0.5) is 0 Å². The molecule has 0 N–H and O–H groups in total. The Labute approximate surface area is 204 Å². The topological polar surface area (TPSA) is 87.4 Å². The smallest absolute Gasteiger partial charge is 0.332 e. The van der Waals surface area contributed by atoms with Gasteiger partial charge in [0.2, 0.25) is 0 Å². The molecule has 2 aromatic carbocycles. The Morgan fingerprint density at radius 2 is 1.76 bits per heavy atom. The fourth-order valence-electron chi connectivity index (χ4n) is 3.53. The van der Waals surface area contributed by atoms with E-state index >= 15 is 0 Å². The Balaban J connectivity index is 2.01. The lowest BCUT2D eigenvalue weighted by molar-refractivity contribution is -0.151. The van der Waals surface area contributed by atoms with Gasteiger partial charge in [0.25, 0.3) is 5.56 Å². The Kier molecular flexibility index (Phi) is 7.92. The molecule has 1 aromatic heterocycles. The number of carbonyl (C=O) groups is 2. The average Bonchev–Trinajstić information content (AvgIpc) is 2.80. The first kappa shape index (κ1) is 24.9. The highest BCUT2D eigenvalue weighted by Crippen LogP contribution is 2.19. The zero-order valence-electron chi connectivity index (χ0n) is 18.3. The number of benzene rings is 2. The van der Waals surface area contributed by atoms with Crippen molar-refractivity contribution >= 4 is 50.2 Å². The summed E-state index contributed by atoms with van der Waals surface area (Å²) in [5.74, 6) is -1.25. The van der Waals surface area contributed by atoms with Crippen molar-refractivity contribution in [3.8, 4) is 0 Å². The first-order valence-electron chi connectivity index (χ1n) is 10.5. The third-order valence-corrected chi connectivity index (χ3v) is 6.15. The Bertz CT molecular complexity index is 1300. The summed E-state index contributed by atoms with van der Waals surface area (Å²) in [6.45, 7) is 2.70. The lowest BCUT2D eigenvalue weighted by Crippen LogP contribution is -2.53. The van der Waals surface area contributed by atoms with Crippen molar-refractivity contribution < 1.29 is 14.3 Å². The van der Waals surface area contributed by atoms with Crippen molar-refractivity contribution in [3.05, 3.63) is 80.0 Å². The summed E-state index contributed by atoms with van der Waals surface area (Å²) in [5, 5.41) is 1.34. The predicted octanol–water partition coefficient (Wildman–Crippen LogP) is 4.15. The highest BCUT2D eigenvalue weighted by Gasteiger charge is 2.36. The van der Waals surface area contributed by atoms with Crippen LogP contribution in [0.2, 0.25) is 5.02 Å². The standard InChI is InChI=1S/C24H24BrClN2O5/c1-24(2,22(31)33-15-20(29)16-8-4-3-5-9-16)28-21(30)18-14-17(26)10-11-19(18)27(23(28)32)13-7-6-12-25/h3-5,8-11,14H,6-7,12-13,15H2,1-2H3. The maximum absolute atomic E-state index is 13.4. The molecule has 3 aromatic rings. The van der Waals surface area contributed by atoms with Gasteiger partial charge in [0, 0.05) is 22.5 Å². The van der Waals surface area contributed by atoms with Crippen LogP contribution in [-0.4, -0.2) is 32.8 Å². The zero-order valence-corrected chi connectivity index (χ0v) is 20.7. The van der Waals surface area contributed by atoms with E-state index in [0.29, 0.717) is 29.1 Å². The molecule has 0 aliphatic heterocycles. The number of fused-ring (bicyclic) bond motifs is 1. The summed E-state index contributed by atoms with van der Waals surface area (Å²) < 4.78 is 7.59. The van der Waals surface area contributed by atoms with E-state index in [1.807, 2.05) is 0 Å². The number of carbonyl (C=O) groups excluding carboxylic acids is 2. The third kappa shape index (κ3) is 5.28. The molecule has 0 saturated heterocycles. The van der Waals surface area contributed by atoms with Crippen LogP contribution in [0.3, 0.4) is 0 Å². The van der Waals surface area contributed by atoms with Crippen LogP contribution in [0, 0.1) is 0 Å². The van der Waals surface area contributed by atoms with E-state index in [1.54, 1.807) is 42.5 Å². The maximum atomic E-state index is 13.4. The van der Waals surface area contributed by atoms with Crippen LogP contribution >= 0.6 is 27.5 Å². The molecule has 174 valence electrons. The van der Waals surface area contributed by atoms with Crippen LogP contribution in [-0.2, 0) is 21.6 Å². The lowest BCUT2D eigenvalue weighted by Gasteiger charge is -2.26. The van der Waals surface area contributed by atoms with E-state index in [1.165, 1.54) is 24.5 Å². The van der Waals surface area contributed by atoms with E-state index in [9.17, 15) is 19.2 Å². The maximum Gasteiger partial charge on any atom is 0.332 e. The summed E-state index contributed by atoms with van der Waals surface area (Å²) in [6.07, 6.45) is 1.52. The van der Waals surface area contributed by atoms with Gasteiger partial charge in [-0.3, -0.25) is 14.2 Å². The van der Waals surface area contributed by atoms with Crippen molar-refractivity contribution in [2.75, 3.05) is 11.9 Å². The number of ketones is 1. The van der Waals surface area contributed by atoms with Gasteiger partial charge in [-0.05, 0) is 44.9 Å². The molecular weight excluding hydrogens is 512 g/mol. The number of rotatable bonds is 9. The predicted molar refractivity (Wildman–Crippen MR) is 132 cm³/mol. The van der Waals surface area contributed by atoms with E-state index in [4.69, 9.17) is 16.3 Å². The Hall–Kier alpha value is -2.71. The summed E-state index contributed by atoms with van der Waals surface area (Å²) in [4.78, 5) is 52.0. The van der Waals surface area contributed by atoms with Gasteiger partial charge in [0.1, 0.15) is 5.54 Å². The van der Waals surface area contributed by atoms with Crippen LogP contribution in [0.1, 0.15) is 37.0 Å². The number of hydrogen-bond donors (Lipinski definition) is 0. The molecule has 1 heterocycles. The number of nitrogens with zero attached hydrogens (tertiary/aromatic N) is 2. The second-order valence-corrected chi connectivity index (χ2v) is 9.29. The molecule has 9 heteroatoms. The minimum atomic E-state index is -1.65. The SMILES string of the molecule is CC(C)(C(=O)OCC(=O)c1ccccc1)n1c(=O)c2cc(Cl)ccc2n(CCCCBr)c1=O. The number of unbranched alkanes of at least 4 members (excludes halogenated alkanes) is 1. The fraction of sp³-hybridized carbons (Fsp3) is 0.333. The van der Waals surface area contributed by atoms with Gasteiger partial charge in [-0.15, -0.1) is 0 Å². The summed E-state index contributed by atoms with van der Waals surface area (Å²) in [6, 6.07) is 13.1. The van der Waals surface area contributed by atoms with Gasteiger partial charge in [0.05, 0.1) is 10.9 Å². The molecule has 0 unspecified atom stereocenters. The van der Waals surface area contributed by atoms with Gasteiger partial charge in [-0.25, -0.2) is 14.2 Å². The number of ether oxygens (including phenoxy) is 1. The van der Waals surface area contributed by atoms with Crippen molar-refractivity contribution in [2.45, 2.75) is 38.8 Å². The third-order valence-electron chi connectivity index (χ3n) is 5.36. The molecule has 0 radical (unpaired) electrons. The number of alkyl halides is 1. The van der Waals surface area contributed by atoms with E-state index in [2.05, 4.69) is 15.9 Å². The van der Waals surface area contributed by atoms with Crippen molar-refractivity contribution in [1.29, 1.82) is 0 Å². The summed E-state index contributed by atoms with van der Waals surface area (Å²) in [5.41, 5.74) is -2.08. The van der Waals surface area contributed by atoms with Gasteiger partial charge in [0.15, 0.2) is 12.4 Å². The summed E-state index contributed by atoms with van der Waals surface area (Å²) in [7, 11) is 0. The molecule has 0 atom stereocenters. The van der Waals surface area contributed by atoms with Crippen molar-refractivity contribution in [3.63, 3.8) is 0 Å². The molecule has 3 rings (SSSR count). The number of hydrogen-bond acceptors (Lipinski definition) is 5. The molecule has 0 fully saturated rings. The molecule has 33 heavy (non-hydrogen) atoms. The number of Topliss-reactive ketones (excluding diaryl/α,β-unsaturated/α-hetero) is 1. The minimum Gasteiger partial charge on any atom is -0.456 e. The first-order valence-corrected chi connectivity index (χ1v) is 12.0. The van der Waals surface area contributed by atoms with E-state index < -0.39 is 29.4 Å². The molecule has 0 spiro atoms. The van der Waals surface area contributed by atoms with Gasteiger partial charge >= 0.3 is 11.7 Å². The minimum absolute atomic E-state index is 0.224. The largest absolute Gasteiger partial charge is 0.456 e. The van der Waals surface area contributed by atoms with Crippen LogP contribution in [0.25, 0.3) is 10.9 Å². The van der Waals surface area contributed by atoms with E-state index in [0.717, 1.165) is 16.3 Å². The second kappa shape index (κ2) is 10.5. The molecule has 0 bridgehead atoms. The van der Waals surface area contributed by atoms with Crippen LogP contribution in [0.5, 0.6) is 0 Å². The summed E-state index contributed by atoms with van der Waals surface area (Å²) >= 11 is 9.49. The number of aryl methyl sites for hydroxylation is 1. The van der Waals surface area contributed by atoms with Gasteiger partial charge in [-0.1, -0.05) is 57.9 Å². The Morgan fingerprint density at radius 3 is 2.42 bits per heavy atom.